The lowest BCUT2D eigenvalue weighted by atomic mass is 10.2. The zero-order valence-electron chi connectivity index (χ0n) is 14.9. The van der Waals surface area contributed by atoms with Crippen LogP contribution in [0.2, 0.25) is 0 Å². The maximum Gasteiger partial charge on any atom is 0.416 e. The molecule has 146 valence electrons. The molecule has 26 heavy (non-hydrogen) atoms. The van der Waals surface area contributed by atoms with Gasteiger partial charge in [-0.3, -0.25) is 4.79 Å². The van der Waals surface area contributed by atoms with Crippen LogP contribution in [0, 0.1) is 0 Å². The van der Waals surface area contributed by atoms with E-state index in [1.54, 1.807) is 20.8 Å². The van der Waals surface area contributed by atoms with Crippen LogP contribution in [0.1, 0.15) is 39.2 Å². The Morgan fingerprint density at radius 3 is 2.50 bits per heavy atom. The van der Waals surface area contributed by atoms with Crippen LogP contribution in [0.25, 0.3) is 0 Å². The van der Waals surface area contributed by atoms with Crippen molar-refractivity contribution >= 4 is 12.0 Å². The Bertz CT molecular complexity index is 606. The molecule has 0 aromatic heterocycles. The van der Waals surface area contributed by atoms with Crippen LogP contribution in [0.5, 0.6) is 5.75 Å². The number of hydrogen-bond donors (Lipinski definition) is 2. The molecular formula is C17H23F3N2O4. The summed E-state index contributed by atoms with van der Waals surface area (Å²) < 4.78 is 48.6. The number of alkyl carbamates (subject to hydrolysis) is 1. The second kappa shape index (κ2) is 9.88. The zero-order chi connectivity index (χ0) is 19.7. The molecular weight excluding hydrogens is 353 g/mol. The van der Waals surface area contributed by atoms with Gasteiger partial charge in [0.1, 0.15) is 12.3 Å². The van der Waals surface area contributed by atoms with Gasteiger partial charge in [-0.15, -0.1) is 0 Å². The number of hydrogen-bond acceptors (Lipinski definition) is 4. The molecule has 1 rings (SSSR count). The number of halogens is 3. The van der Waals surface area contributed by atoms with Crippen molar-refractivity contribution < 1.29 is 32.2 Å². The summed E-state index contributed by atoms with van der Waals surface area (Å²) in [5.74, 6) is -0.452. The van der Waals surface area contributed by atoms with Crippen LogP contribution in [-0.4, -0.2) is 30.9 Å². The van der Waals surface area contributed by atoms with Gasteiger partial charge in [0.05, 0.1) is 5.56 Å². The minimum absolute atomic E-state index is 0.0661. The van der Waals surface area contributed by atoms with E-state index in [9.17, 15) is 22.8 Å². The monoisotopic (exact) mass is 376 g/mol. The van der Waals surface area contributed by atoms with Crippen molar-refractivity contribution in [3.63, 3.8) is 0 Å². The highest BCUT2D eigenvalue weighted by Gasteiger charge is 2.31. The first-order valence-corrected chi connectivity index (χ1v) is 8.19. The Morgan fingerprint density at radius 2 is 1.92 bits per heavy atom. The summed E-state index contributed by atoms with van der Waals surface area (Å²) in [5.41, 5.74) is -0.861. The Labute approximate surface area is 150 Å². The van der Waals surface area contributed by atoms with E-state index in [-0.39, 0.29) is 30.7 Å². The van der Waals surface area contributed by atoms with Crippen molar-refractivity contribution in [3.8, 4) is 5.75 Å². The van der Waals surface area contributed by atoms with Gasteiger partial charge < -0.3 is 20.1 Å². The standard InChI is InChI=1S/C17H23F3N2O4/c1-4-6-15(26-16(24)21-10-14(23)22-11(2)3)25-13-8-5-7-12(9-13)17(18,19)20/h5,7-9,11,15H,4,6,10H2,1-3H3,(H,21,24)(H,22,23). The van der Waals surface area contributed by atoms with E-state index >= 15 is 0 Å². The number of amides is 2. The second-order valence-electron chi connectivity index (χ2n) is 5.84. The quantitative estimate of drug-likeness (QED) is 0.681. The average Bonchev–Trinajstić information content (AvgIpc) is 2.52. The fourth-order valence-electron chi connectivity index (χ4n) is 1.96. The summed E-state index contributed by atoms with van der Waals surface area (Å²) in [6.07, 6.45) is -5.61. The zero-order valence-corrected chi connectivity index (χ0v) is 14.9. The van der Waals surface area contributed by atoms with E-state index in [4.69, 9.17) is 9.47 Å². The number of carbonyl (C=O) groups excluding carboxylic acids is 2. The van der Waals surface area contributed by atoms with Crippen molar-refractivity contribution in [3.05, 3.63) is 29.8 Å². The van der Waals surface area contributed by atoms with Gasteiger partial charge in [-0.2, -0.15) is 13.2 Å². The number of nitrogens with one attached hydrogen (secondary N) is 2. The van der Waals surface area contributed by atoms with Gasteiger partial charge in [0.25, 0.3) is 0 Å². The predicted octanol–water partition coefficient (Wildman–Crippen LogP) is 3.46. The SMILES string of the molecule is CCCC(OC(=O)NCC(=O)NC(C)C)Oc1cccc(C(F)(F)F)c1. The fourth-order valence-corrected chi connectivity index (χ4v) is 1.96. The first kappa shape index (κ1) is 21.6. The highest BCUT2D eigenvalue weighted by molar-refractivity contribution is 5.82. The van der Waals surface area contributed by atoms with Crippen LogP contribution >= 0.6 is 0 Å². The van der Waals surface area contributed by atoms with Crippen molar-refractivity contribution in [1.29, 1.82) is 0 Å². The minimum Gasteiger partial charge on any atom is -0.455 e. The summed E-state index contributed by atoms with van der Waals surface area (Å²) in [6, 6.07) is 4.23. The fraction of sp³-hybridized carbons (Fsp3) is 0.529. The third kappa shape index (κ3) is 8.09. The van der Waals surface area contributed by atoms with E-state index in [2.05, 4.69) is 10.6 Å². The van der Waals surface area contributed by atoms with E-state index in [1.165, 1.54) is 12.1 Å². The van der Waals surface area contributed by atoms with Gasteiger partial charge in [-0.1, -0.05) is 13.0 Å². The molecule has 0 saturated carbocycles. The molecule has 1 unspecified atom stereocenters. The molecule has 0 radical (unpaired) electrons. The van der Waals surface area contributed by atoms with E-state index < -0.39 is 24.1 Å². The van der Waals surface area contributed by atoms with E-state index in [0.717, 1.165) is 12.1 Å². The summed E-state index contributed by atoms with van der Waals surface area (Å²) >= 11 is 0. The normalized spacial score (nSPS) is 12.4. The molecule has 0 aliphatic carbocycles. The summed E-state index contributed by atoms with van der Waals surface area (Å²) in [5, 5.41) is 4.85. The molecule has 1 atom stereocenters. The molecule has 0 aliphatic heterocycles. The molecule has 1 aromatic carbocycles. The van der Waals surface area contributed by atoms with Crippen molar-refractivity contribution in [1.82, 2.24) is 10.6 Å². The predicted molar refractivity (Wildman–Crippen MR) is 88.5 cm³/mol. The molecule has 0 bridgehead atoms. The highest BCUT2D eigenvalue weighted by atomic mass is 19.4. The van der Waals surface area contributed by atoms with Gasteiger partial charge in [0.2, 0.25) is 12.2 Å². The molecule has 9 heteroatoms. The van der Waals surface area contributed by atoms with Gasteiger partial charge in [-0.25, -0.2) is 4.79 Å². The number of ether oxygens (including phenoxy) is 2. The maximum absolute atomic E-state index is 12.7. The van der Waals surface area contributed by atoms with Gasteiger partial charge in [-0.05, 0) is 38.5 Å². The summed E-state index contributed by atoms with van der Waals surface area (Å²) in [4.78, 5) is 23.2. The van der Waals surface area contributed by atoms with E-state index in [1.807, 2.05) is 0 Å². The lowest BCUT2D eigenvalue weighted by Crippen LogP contribution is -2.41. The van der Waals surface area contributed by atoms with Crippen LogP contribution in [0.15, 0.2) is 24.3 Å². The Hall–Kier alpha value is -2.45. The van der Waals surface area contributed by atoms with Crippen molar-refractivity contribution in [2.75, 3.05) is 6.54 Å². The molecule has 0 fully saturated rings. The third-order valence-electron chi connectivity index (χ3n) is 3.03. The number of rotatable bonds is 8. The summed E-state index contributed by atoms with van der Waals surface area (Å²) in [7, 11) is 0. The Balaban J connectivity index is 2.63. The largest absolute Gasteiger partial charge is 0.455 e. The Kier molecular flexibility index (Phi) is 8.21. The lowest BCUT2D eigenvalue weighted by Gasteiger charge is -2.20. The van der Waals surface area contributed by atoms with Gasteiger partial charge in [0, 0.05) is 12.5 Å². The molecule has 0 heterocycles. The van der Waals surface area contributed by atoms with Crippen LogP contribution in [0.4, 0.5) is 18.0 Å². The molecule has 2 N–H and O–H groups in total. The third-order valence-corrected chi connectivity index (χ3v) is 3.03. The van der Waals surface area contributed by atoms with Gasteiger partial charge in [0.15, 0.2) is 0 Å². The maximum atomic E-state index is 12.7. The van der Waals surface area contributed by atoms with Crippen molar-refractivity contribution in [2.45, 2.75) is 52.1 Å². The molecule has 0 saturated heterocycles. The molecule has 0 spiro atoms. The number of carbonyl (C=O) groups is 2. The molecule has 1 aromatic rings. The minimum atomic E-state index is -4.50. The van der Waals surface area contributed by atoms with Gasteiger partial charge >= 0.3 is 12.3 Å². The van der Waals surface area contributed by atoms with Crippen LogP contribution in [0.3, 0.4) is 0 Å². The van der Waals surface area contributed by atoms with Crippen LogP contribution in [-0.2, 0) is 15.7 Å². The average molecular weight is 376 g/mol. The first-order valence-electron chi connectivity index (χ1n) is 8.19. The molecule has 2 amide bonds. The highest BCUT2D eigenvalue weighted by Crippen LogP contribution is 2.31. The topological polar surface area (TPSA) is 76.7 Å². The molecule has 6 nitrogen and oxygen atoms in total. The summed E-state index contributed by atoms with van der Waals surface area (Å²) in [6.45, 7) is 5.08. The number of alkyl halides is 3. The first-order chi connectivity index (χ1) is 12.1. The Morgan fingerprint density at radius 1 is 1.23 bits per heavy atom. The number of benzene rings is 1. The molecule has 0 aliphatic rings. The van der Waals surface area contributed by atoms with Crippen molar-refractivity contribution in [2.24, 2.45) is 0 Å². The smallest absolute Gasteiger partial charge is 0.416 e. The van der Waals surface area contributed by atoms with Crippen LogP contribution < -0.4 is 15.4 Å². The van der Waals surface area contributed by atoms with E-state index in [0.29, 0.717) is 6.42 Å². The second-order valence-corrected chi connectivity index (χ2v) is 5.84. The lowest BCUT2D eigenvalue weighted by molar-refractivity contribution is -0.137.